The molecule has 0 unspecified atom stereocenters. The Balaban J connectivity index is 1.95. The van der Waals surface area contributed by atoms with Gasteiger partial charge < -0.3 is 9.47 Å². The first kappa shape index (κ1) is 14.3. The van der Waals surface area contributed by atoms with E-state index < -0.39 is 15.1 Å². The second kappa shape index (κ2) is 5.88. The second-order valence-corrected chi connectivity index (χ2v) is 8.26. The van der Waals surface area contributed by atoms with Crippen LogP contribution in [-0.4, -0.2) is 38.4 Å². The maximum atomic E-state index is 12.5. The highest BCUT2D eigenvalue weighted by Gasteiger charge is 2.38. The topological polar surface area (TPSA) is 52.6 Å². The fourth-order valence-electron chi connectivity index (χ4n) is 2.74. The maximum absolute atomic E-state index is 12.5. The van der Waals surface area contributed by atoms with Gasteiger partial charge in [0.1, 0.15) is 5.25 Å². The molecule has 2 rings (SSSR count). The van der Waals surface area contributed by atoms with Crippen LogP contribution in [0, 0.1) is 5.92 Å². The van der Waals surface area contributed by atoms with E-state index in [0.29, 0.717) is 13.2 Å². The number of hydrogen-bond donors (Lipinski definition) is 0. The molecule has 1 saturated heterocycles. The molecule has 2 aliphatic rings. The molecule has 2 fully saturated rings. The fourth-order valence-corrected chi connectivity index (χ4v) is 4.81. The number of sulfone groups is 1. The van der Waals surface area contributed by atoms with Gasteiger partial charge in [-0.15, -0.1) is 0 Å². The van der Waals surface area contributed by atoms with Crippen molar-refractivity contribution in [3.05, 3.63) is 0 Å². The SMILES string of the molecule is CC(C)C1OCC(S(=O)(=O)C2CCCCC2)CO1. The van der Waals surface area contributed by atoms with Crippen molar-refractivity contribution in [1.82, 2.24) is 0 Å². The molecule has 0 aromatic heterocycles. The third-order valence-electron chi connectivity index (χ3n) is 3.92. The summed E-state index contributed by atoms with van der Waals surface area (Å²) in [5.74, 6) is 0.267. The Morgan fingerprint density at radius 2 is 1.50 bits per heavy atom. The van der Waals surface area contributed by atoms with Crippen LogP contribution < -0.4 is 0 Å². The molecule has 106 valence electrons. The summed E-state index contributed by atoms with van der Waals surface area (Å²) < 4.78 is 36.0. The lowest BCUT2D eigenvalue weighted by Gasteiger charge is -2.34. The summed E-state index contributed by atoms with van der Waals surface area (Å²) in [6.07, 6.45) is 4.61. The molecule has 0 N–H and O–H groups in total. The minimum atomic E-state index is -3.08. The van der Waals surface area contributed by atoms with Gasteiger partial charge in [0.05, 0.1) is 18.5 Å². The molecule has 0 aromatic rings. The van der Waals surface area contributed by atoms with Crippen LogP contribution in [0.5, 0.6) is 0 Å². The third-order valence-corrected chi connectivity index (χ3v) is 6.52. The van der Waals surface area contributed by atoms with E-state index in [-0.39, 0.29) is 17.5 Å². The number of rotatable bonds is 3. The van der Waals surface area contributed by atoms with Gasteiger partial charge in [0.25, 0.3) is 0 Å². The van der Waals surface area contributed by atoms with Crippen molar-refractivity contribution in [3.63, 3.8) is 0 Å². The van der Waals surface area contributed by atoms with Gasteiger partial charge in [0.2, 0.25) is 0 Å². The maximum Gasteiger partial charge on any atom is 0.160 e. The standard InChI is InChI=1S/C13H24O4S/c1-10(2)13-16-8-12(9-17-13)18(14,15)11-6-4-3-5-7-11/h10-13H,3-9H2,1-2H3. The zero-order valence-corrected chi connectivity index (χ0v) is 12.1. The van der Waals surface area contributed by atoms with E-state index >= 15 is 0 Å². The van der Waals surface area contributed by atoms with Crippen LogP contribution in [0.15, 0.2) is 0 Å². The van der Waals surface area contributed by atoms with Gasteiger partial charge in [-0.2, -0.15) is 0 Å². The van der Waals surface area contributed by atoms with E-state index in [9.17, 15) is 8.42 Å². The Morgan fingerprint density at radius 3 is 2.00 bits per heavy atom. The lowest BCUT2D eigenvalue weighted by atomic mass is 10.0. The van der Waals surface area contributed by atoms with Crippen molar-refractivity contribution in [2.45, 2.75) is 62.7 Å². The van der Waals surface area contributed by atoms with Crippen molar-refractivity contribution in [3.8, 4) is 0 Å². The Hall–Kier alpha value is -0.130. The second-order valence-electron chi connectivity index (χ2n) is 5.75. The summed E-state index contributed by atoms with van der Waals surface area (Å²) in [7, 11) is -3.08. The fraction of sp³-hybridized carbons (Fsp3) is 1.00. The minimum absolute atomic E-state index is 0.168. The quantitative estimate of drug-likeness (QED) is 0.792. The first-order valence-electron chi connectivity index (χ1n) is 6.97. The average Bonchev–Trinajstić information content (AvgIpc) is 2.40. The highest BCUT2D eigenvalue weighted by Crippen LogP contribution is 2.28. The van der Waals surface area contributed by atoms with Crippen LogP contribution in [0.1, 0.15) is 46.0 Å². The van der Waals surface area contributed by atoms with Gasteiger partial charge in [0, 0.05) is 5.92 Å². The molecule has 0 atom stereocenters. The summed E-state index contributed by atoms with van der Waals surface area (Å²) in [6.45, 7) is 4.62. The van der Waals surface area contributed by atoms with Crippen molar-refractivity contribution < 1.29 is 17.9 Å². The molecule has 0 radical (unpaired) electrons. The summed E-state index contributed by atoms with van der Waals surface area (Å²) >= 11 is 0. The van der Waals surface area contributed by atoms with Crippen LogP contribution in [0.3, 0.4) is 0 Å². The summed E-state index contributed by atoms with van der Waals surface area (Å²) in [5, 5.41) is -0.630. The average molecular weight is 276 g/mol. The van der Waals surface area contributed by atoms with Gasteiger partial charge >= 0.3 is 0 Å². The molecule has 18 heavy (non-hydrogen) atoms. The van der Waals surface area contributed by atoms with Gasteiger partial charge in [-0.05, 0) is 12.8 Å². The Morgan fingerprint density at radius 1 is 0.944 bits per heavy atom. The number of ether oxygens (including phenoxy) is 2. The predicted octanol–water partition coefficient (Wildman–Crippen LogP) is 2.13. The molecular weight excluding hydrogens is 252 g/mol. The van der Waals surface area contributed by atoms with E-state index in [4.69, 9.17) is 9.47 Å². The first-order valence-corrected chi connectivity index (χ1v) is 8.58. The van der Waals surface area contributed by atoms with Crippen LogP contribution in [0.2, 0.25) is 0 Å². The molecule has 0 bridgehead atoms. The minimum Gasteiger partial charge on any atom is -0.351 e. The number of hydrogen-bond acceptors (Lipinski definition) is 4. The molecule has 5 heteroatoms. The molecule has 4 nitrogen and oxygen atoms in total. The summed E-state index contributed by atoms with van der Waals surface area (Å²) in [4.78, 5) is 0. The third kappa shape index (κ3) is 3.06. The highest BCUT2D eigenvalue weighted by atomic mass is 32.2. The molecule has 1 aliphatic carbocycles. The Labute approximate surface area is 110 Å². The van der Waals surface area contributed by atoms with E-state index in [1.807, 2.05) is 13.8 Å². The zero-order chi connectivity index (χ0) is 13.2. The van der Waals surface area contributed by atoms with Crippen molar-refractivity contribution >= 4 is 9.84 Å². The van der Waals surface area contributed by atoms with E-state index in [0.717, 1.165) is 25.7 Å². The summed E-state index contributed by atoms with van der Waals surface area (Å²) in [6, 6.07) is 0. The van der Waals surface area contributed by atoms with Crippen molar-refractivity contribution in [2.24, 2.45) is 5.92 Å². The monoisotopic (exact) mass is 276 g/mol. The first-order chi connectivity index (χ1) is 8.51. The molecule has 0 spiro atoms. The Kier molecular flexibility index (Phi) is 4.67. The van der Waals surface area contributed by atoms with E-state index in [2.05, 4.69) is 0 Å². The molecular formula is C13H24O4S. The lowest BCUT2D eigenvalue weighted by Crippen LogP contribution is -2.46. The largest absolute Gasteiger partial charge is 0.351 e. The van der Waals surface area contributed by atoms with Gasteiger partial charge in [-0.1, -0.05) is 33.1 Å². The predicted molar refractivity (Wildman–Crippen MR) is 70.1 cm³/mol. The van der Waals surface area contributed by atoms with Crippen LogP contribution in [0.25, 0.3) is 0 Å². The molecule has 1 aliphatic heterocycles. The Bertz CT molecular complexity index is 349. The van der Waals surface area contributed by atoms with Crippen molar-refractivity contribution in [2.75, 3.05) is 13.2 Å². The highest BCUT2D eigenvalue weighted by molar-refractivity contribution is 7.92. The van der Waals surface area contributed by atoms with E-state index in [1.165, 1.54) is 6.42 Å². The molecule has 1 saturated carbocycles. The zero-order valence-electron chi connectivity index (χ0n) is 11.3. The molecule has 0 amide bonds. The molecule has 0 aromatic carbocycles. The van der Waals surface area contributed by atoms with Crippen LogP contribution in [0.4, 0.5) is 0 Å². The van der Waals surface area contributed by atoms with Crippen LogP contribution in [-0.2, 0) is 19.3 Å². The van der Waals surface area contributed by atoms with Gasteiger partial charge in [-0.25, -0.2) is 8.42 Å². The van der Waals surface area contributed by atoms with Gasteiger partial charge in [0.15, 0.2) is 16.1 Å². The smallest absolute Gasteiger partial charge is 0.160 e. The van der Waals surface area contributed by atoms with E-state index in [1.54, 1.807) is 0 Å². The lowest BCUT2D eigenvalue weighted by molar-refractivity contribution is -0.196. The molecule has 1 heterocycles. The van der Waals surface area contributed by atoms with Crippen LogP contribution >= 0.6 is 0 Å². The summed E-state index contributed by atoms with van der Waals surface area (Å²) in [5.41, 5.74) is 0. The van der Waals surface area contributed by atoms with Crippen molar-refractivity contribution in [1.29, 1.82) is 0 Å². The van der Waals surface area contributed by atoms with Gasteiger partial charge in [-0.3, -0.25) is 0 Å². The normalized spacial score (nSPS) is 31.7.